The summed E-state index contributed by atoms with van der Waals surface area (Å²) in [4.78, 5) is 22.4. The molecule has 1 saturated carbocycles. The molecular formula is C16H18F2O5. The quantitative estimate of drug-likeness (QED) is 0.841. The number of carbonyl (C=O) groups is 2. The Morgan fingerprint density at radius 1 is 1.17 bits per heavy atom. The third-order valence-electron chi connectivity index (χ3n) is 3.83. The van der Waals surface area contributed by atoms with Gasteiger partial charge in [-0.1, -0.05) is 0 Å². The molecule has 23 heavy (non-hydrogen) atoms. The van der Waals surface area contributed by atoms with E-state index in [1.54, 1.807) is 6.92 Å². The number of aromatic carboxylic acids is 1. The highest BCUT2D eigenvalue weighted by molar-refractivity contribution is 5.88. The Kier molecular flexibility index (Phi) is 5.52. The van der Waals surface area contributed by atoms with Gasteiger partial charge in [0.05, 0.1) is 18.6 Å². The Balaban J connectivity index is 1.97. The lowest BCUT2D eigenvalue weighted by atomic mass is 9.87. The Labute approximate surface area is 132 Å². The van der Waals surface area contributed by atoms with Crippen LogP contribution in [-0.2, 0) is 9.53 Å². The van der Waals surface area contributed by atoms with E-state index in [9.17, 15) is 18.4 Å². The molecule has 7 heteroatoms. The Hall–Kier alpha value is -2.18. The van der Waals surface area contributed by atoms with Crippen LogP contribution in [0.15, 0.2) is 12.1 Å². The number of carboxylic acid groups (broad SMARTS) is 1. The van der Waals surface area contributed by atoms with Gasteiger partial charge in [-0.05, 0) is 32.6 Å². The van der Waals surface area contributed by atoms with E-state index in [-0.39, 0.29) is 23.7 Å². The van der Waals surface area contributed by atoms with Crippen molar-refractivity contribution in [2.24, 2.45) is 5.92 Å². The molecule has 2 rings (SSSR count). The molecule has 0 bridgehead atoms. The van der Waals surface area contributed by atoms with Gasteiger partial charge in [0.25, 0.3) is 0 Å². The maximum absolute atomic E-state index is 13.6. The van der Waals surface area contributed by atoms with Crippen LogP contribution in [0.5, 0.6) is 5.75 Å². The van der Waals surface area contributed by atoms with Crippen molar-refractivity contribution in [2.45, 2.75) is 38.7 Å². The first-order chi connectivity index (χ1) is 10.9. The van der Waals surface area contributed by atoms with Crippen LogP contribution >= 0.6 is 0 Å². The molecule has 0 spiro atoms. The first-order valence-corrected chi connectivity index (χ1v) is 7.48. The Morgan fingerprint density at radius 3 is 2.22 bits per heavy atom. The van der Waals surface area contributed by atoms with Crippen LogP contribution in [0.4, 0.5) is 8.78 Å². The van der Waals surface area contributed by atoms with E-state index in [0.29, 0.717) is 32.3 Å². The number of carboxylic acids is 1. The molecule has 1 aromatic rings. The maximum Gasteiger partial charge on any atom is 0.341 e. The highest BCUT2D eigenvalue weighted by atomic mass is 19.1. The van der Waals surface area contributed by atoms with Gasteiger partial charge in [0.1, 0.15) is 22.9 Å². The fraction of sp³-hybridized carbons (Fsp3) is 0.500. The van der Waals surface area contributed by atoms with Crippen LogP contribution in [0, 0.1) is 17.6 Å². The summed E-state index contributed by atoms with van der Waals surface area (Å²) >= 11 is 0. The highest BCUT2D eigenvalue weighted by Gasteiger charge is 2.28. The number of esters is 1. The highest BCUT2D eigenvalue weighted by Crippen LogP contribution is 2.29. The fourth-order valence-corrected chi connectivity index (χ4v) is 2.69. The summed E-state index contributed by atoms with van der Waals surface area (Å²) < 4.78 is 37.7. The van der Waals surface area contributed by atoms with E-state index in [0.717, 1.165) is 12.1 Å². The molecule has 5 nitrogen and oxygen atoms in total. The van der Waals surface area contributed by atoms with E-state index in [2.05, 4.69) is 0 Å². The van der Waals surface area contributed by atoms with Crippen molar-refractivity contribution < 1.29 is 33.0 Å². The molecule has 0 amide bonds. The topological polar surface area (TPSA) is 72.8 Å². The van der Waals surface area contributed by atoms with E-state index in [1.807, 2.05) is 0 Å². The third kappa shape index (κ3) is 4.18. The fourth-order valence-electron chi connectivity index (χ4n) is 2.69. The number of rotatable bonds is 5. The molecule has 1 aromatic carbocycles. The van der Waals surface area contributed by atoms with Crippen molar-refractivity contribution in [2.75, 3.05) is 6.61 Å². The molecule has 1 N–H and O–H groups in total. The summed E-state index contributed by atoms with van der Waals surface area (Å²) in [5.41, 5.74) is -0.997. The first kappa shape index (κ1) is 17.2. The molecule has 1 aliphatic carbocycles. The smallest absolute Gasteiger partial charge is 0.341 e. The Bertz CT molecular complexity index is 571. The summed E-state index contributed by atoms with van der Waals surface area (Å²) in [5.74, 6) is -4.46. The number of ether oxygens (including phenoxy) is 2. The minimum Gasteiger partial charge on any atom is -0.490 e. The van der Waals surface area contributed by atoms with E-state index >= 15 is 0 Å². The van der Waals surface area contributed by atoms with Gasteiger partial charge in [0.15, 0.2) is 0 Å². The molecule has 0 radical (unpaired) electrons. The lowest BCUT2D eigenvalue weighted by molar-refractivity contribution is -0.149. The summed E-state index contributed by atoms with van der Waals surface area (Å²) in [6.45, 7) is 2.08. The van der Waals surface area contributed by atoms with Gasteiger partial charge in [0, 0.05) is 12.1 Å². The van der Waals surface area contributed by atoms with Crippen molar-refractivity contribution in [3.63, 3.8) is 0 Å². The standard InChI is InChI=1S/C16H18F2O5/c1-2-22-16(21)9-3-5-10(6-4-9)23-11-7-12(17)14(15(19)20)13(18)8-11/h7-10H,2-6H2,1H3,(H,19,20). The minimum absolute atomic E-state index is 0.0513. The molecule has 0 aliphatic heterocycles. The summed E-state index contributed by atoms with van der Waals surface area (Å²) in [5, 5.41) is 8.72. The molecule has 1 aliphatic rings. The zero-order valence-electron chi connectivity index (χ0n) is 12.7. The number of hydrogen-bond acceptors (Lipinski definition) is 4. The van der Waals surface area contributed by atoms with Crippen LogP contribution < -0.4 is 4.74 Å². The van der Waals surface area contributed by atoms with E-state index < -0.39 is 23.2 Å². The summed E-state index contributed by atoms with van der Waals surface area (Å²) in [6, 6.07) is 1.73. The number of halogens is 2. The molecule has 0 heterocycles. The second-order valence-corrected chi connectivity index (χ2v) is 5.41. The lowest BCUT2D eigenvalue weighted by Gasteiger charge is -2.27. The summed E-state index contributed by atoms with van der Waals surface area (Å²) in [6.07, 6.45) is 2.03. The largest absolute Gasteiger partial charge is 0.490 e. The number of carbonyl (C=O) groups excluding carboxylic acids is 1. The maximum atomic E-state index is 13.6. The molecule has 1 fully saturated rings. The predicted molar refractivity (Wildman–Crippen MR) is 76.3 cm³/mol. The van der Waals surface area contributed by atoms with Crippen LogP contribution in [0.1, 0.15) is 43.0 Å². The molecule has 0 unspecified atom stereocenters. The Morgan fingerprint density at radius 2 is 1.74 bits per heavy atom. The number of benzene rings is 1. The van der Waals surface area contributed by atoms with Gasteiger partial charge < -0.3 is 14.6 Å². The van der Waals surface area contributed by atoms with Gasteiger partial charge in [-0.2, -0.15) is 0 Å². The molecule has 0 aromatic heterocycles. The molecule has 0 saturated heterocycles. The van der Waals surface area contributed by atoms with Gasteiger partial charge >= 0.3 is 11.9 Å². The van der Waals surface area contributed by atoms with Crippen molar-refractivity contribution in [3.05, 3.63) is 29.3 Å². The lowest BCUT2D eigenvalue weighted by Crippen LogP contribution is -2.29. The average molecular weight is 328 g/mol. The van der Waals surface area contributed by atoms with Gasteiger partial charge in [-0.15, -0.1) is 0 Å². The first-order valence-electron chi connectivity index (χ1n) is 7.48. The van der Waals surface area contributed by atoms with Crippen LogP contribution in [-0.4, -0.2) is 29.8 Å². The van der Waals surface area contributed by atoms with Crippen LogP contribution in [0.3, 0.4) is 0 Å². The molecular weight excluding hydrogens is 310 g/mol. The average Bonchev–Trinajstić information content (AvgIpc) is 2.47. The van der Waals surface area contributed by atoms with Crippen molar-refractivity contribution in [3.8, 4) is 5.75 Å². The van der Waals surface area contributed by atoms with Crippen molar-refractivity contribution in [1.29, 1.82) is 0 Å². The van der Waals surface area contributed by atoms with E-state index in [1.165, 1.54) is 0 Å². The normalized spacial score (nSPS) is 20.8. The third-order valence-corrected chi connectivity index (χ3v) is 3.83. The monoisotopic (exact) mass is 328 g/mol. The summed E-state index contributed by atoms with van der Waals surface area (Å²) in [7, 11) is 0. The van der Waals surface area contributed by atoms with Crippen molar-refractivity contribution >= 4 is 11.9 Å². The number of hydrogen-bond donors (Lipinski definition) is 1. The van der Waals surface area contributed by atoms with Gasteiger partial charge in [0.2, 0.25) is 0 Å². The van der Waals surface area contributed by atoms with Gasteiger partial charge in [-0.25, -0.2) is 13.6 Å². The second kappa shape index (κ2) is 7.39. The second-order valence-electron chi connectivity index (χ2n) is 5.41. The molecule has 0 atom stereocenters. The van der Waals surface area contributed by atoms with E-state index in [4.69, 9.17) is 14.6 Å². The van der Waals surface area contributed by atoms with Crippen LogP contribution in [0.25, 0.3) is 0 Å². The van der Waals surface area contributed by atoms with Crippen LogP contribution in [0.2, 0.25) is 0 Å². The predicted octanol–water partition coefficient (Wildman–Crippen LogP) is 3.16. The van der Waals surface area contributed by atoms with Gasteiger partial charge in [-0.3, -0.25) is 4.79 Å². The van der Waals surface area contributed by atoms with Crippen molar-refractivity contribution in [1.82, 2.24) is 0 Å². The molecule has 126 valence electrons. The SMILES string of the molecule is CCOC(=O)C1CCC(Oc2cc(F)c(C(=O)O)c(F)c2)CC1. The zero-order chi connectivity index (χ0) is 17.0. The zero-order valence-corrected chi connectivity index (χ0v) is 12.7. The minimum atomic E-state index is -1.67.